The molecule has 0 amide bonds. The number of hydrogen-bond donors (Lipinski definition) is 1. The van der Waals surface area contributed by atoms with Crippen molar-refractivity contribution in [3.05, 3.63) is 12.3 Å². The molecule has 0 heterocycles. The summed E-state index contributed by atoms with van der Waals surface area (Å²) in [6.07, 6.45) is 0.663. The van der Waals surface area contributed by atoms with Crippen molar-refractivity contribution in [2.75, 3.05) is 0 Å². The molecule has 0 unspecified atom stereocenters. The van der Waals surface area contributed by atoms with Gasteiger partial charge in [-0.15, -0.1) is 0 Å². The average molecular weight is 88.1 g/mol. The van der Waals surface area contributed by atoms with Crippen molar-refractivity contribution in [1.29, 1.82) is 0 Å². The molecule has 0 aliphatic rings. The highest BCUT2D eigenvalue weighted by Crippen LogP contribution is 1.92. The van der Waals surface area contributed by atoms with Gasteiger partial charge in [0.25, 0.3) is 0 Å². The Morgan fingerprint density at radius 3 is 2.50 bits per heavy atom. The van der Waals surface area contributed by atoms with Gasteiger partial charge < -0.3 is 4.89 Å². The highest BCUT2D eigenvalue weighted by Gasteiger charge is 1.81. The molecule has 36 valence electrons. The van der Waals surface area contributed by atoms with Crippen molar-refractivity contribution in [2.45, 2.75) is 13.3 Å². The lowest BCUT2D eigenvalue weighted by Crippen LogP contribution is -1.78. The van der Waals surface area contributed by atoms with E-state index in [9.17, 15) is 0 Å². The van der Waals surface area contributed by atoms with Gasteiger partial charge in [-0.1, -0.05) is 13.5 Å². The van der Waals surface area contributed by atoms with Crippen LogP contribution in [0.15, 0.2) is 12.3 Å². The first-order valence-electron chi connectivity index (χ1n) is 1.80. The lowest BCUT2D eigenvalue weighted by molar-refractivity contribution is -0.204. The fourth-order valence-electron chi connectivity index (χ4n) is 0.0645. The Morgan fingerprint density at radius 2 is 2.50 bits per heavy atom. The van der Waals surface area contributed by atoms with Gasteiger partial charge in [-0.2, -0.15) is 0 Å². The zero-order chi connectivity index (χ0) is 4.99. The van der Waals surface area contributed by atoms with E-state index in [0.717, 1.165) is 0 Å². The molecule has 1 N–H and O–H groups in total. The van der Waals surface area contributed by atoms with Gasteiger partial charge in [0.2, 0.25) is 0 Å². The zero-order valence-corrected chi connectivity index (χ0v) is 3.77. The van der Waals surface area contributed by atoms with Crippen LogP contribution in [0.3, 0.4) is 0 Å². The summed E-state index contributed by atoms with van der Waals surface area (Å²) in [6.45, 7) is 5.17. The maximum absolute atomic E-state index is 7.74. The molecule has 6 heavy (non-hydrogen) atoms. The Kier molecular flexibility index (Phi) is 2.50. The van der Waals surface area contributed by atoms with E-state index in [4.69, 9.17) is 5.26 Å². The van der Waals surface area contributed by atoms with Crippen molar-refractivity contribution in [3.8, 4) is 0 Å². The Bertz CT molecular complexity index is 43.5. The van der Waals surface area contributed by atoms with Crippen LogP contribution in [0.5, 0.6) is 0 Å². The minimum absolute atomic E-state index is 0.398. The summed E-state index contributed by atoms with van der Waals surface area (Å²) in [5.41, 5.74) is 0. The highest BCUT2D eigenvalue weighted by molar-refractivity contribution is 4.76. The van der Waals surface area contributed by atoms with Crippen LogP contribution in [0.2, 0.25) is 0 Å². The fraction of sp³-hybridized carbons (Fsp3) is 0.500. The summed E-state index contributed by atoms with van der Waals surface area (Å²) >= 11 is 0. The second kappa shape index (κ2) is 2.72. The minimum Gasteiger partial charge on any atom is -0.345 e. The summed E-state index contributed by atoms with van der Waals surface area (Å²) in [4.78, 5) is 3.70. The van der Waals surface area contributed by atoms with Crippen LogP contribution < -0.4 is 0 Å². The van der Waals surface area contributed by atoms with E-state index in [-0.39, 0.29) is 0 Å². The van der Waals surface area contributed by atoms with Crippen molar-refractivity contribution in [3.63, 3.8) is 0 Å². The Balaban J connectivity index is 2.99. The molecule has 0 radical (unpaired) electrons. The van der Waals surface area contributed by atoms with E-state index >= 15 is 0 Å². The fourth-order valence-corrected chi connectivity index (χ4v) is 0.0645. The van der Waals surface area contributed by atoms with E-state index in [0.29, 0.717) is 12.2 Å². The van der Waals surface area contributed by atoms with Crippen molar-refractivity contribution < 1.29 is 10.1 Å². The van der Waals surface area contributed by atoms with Gasteiger partial charge in [0.15, 0.2) is 0 Å². The van der Waals surface area contributed by atoms with E-state index in [2.05, 4.69) is 11.5 Å². The van der Waals surface area contributed by atoms with Crippen LogP contribution in [0.1, 0.15) is 13.3 Å². The molecular weight excluding hydrogens is 80.0 g/mol. The molecule has 0 aromatic rings. The van der Waals surface area contributed by atoms with E-state index in [1.54, 1.807) is 0 Å². The highest BCUT2D eigenvalue weighted by atomic mass is 17.1. The smallest absolute Gasteiger partial charge is 0.134 e. The van der Waals surface area contributed by atoms with Gasteiger partial charge in [-0.25, -0.2) is 5.26 Å². The van der Waals surface area contributed by atoms with Gasteiger partial charge >= 0.3 is 0 Å². The topological polar surface area (TPSA) is 29.5 Å². The summed E-state index contributed by atoms with van der Waals surface area (Å²) in [6, 6.07) is 0. The Morgan fingerprint density at radius 1 is 2.00 bits per heavy atom. The predicted molar refractivity (Wildman–Crippen MR) is 23.1 cm³/mol. The van der Waals surface area contributed by atoms with Gasteiger partial charge in [-0.3, -0.25) is 0 Å². The first kappa shape index (κ1) is 5.50. The van der Waals surface area contributed by atoms with Crippen LogP contribution in [0.25, 0.3) is 0 Å². The summed E-state index contributed by atoms with van der Waals surface area (Å²) in [5.74, 6) is 0.398. The first-order chi connectivity index (χ1) is 2.81. The third-order valence-corrected chi connectivity index (χ3v) is 0.523. The van der Waals surface area contributed by atoms with Crippen molar-refractivity contribution in [2.24, 2.45) is 0 Å². The third-order valence-electron chi connectivity index (χ3n) is 0.523. The molecule has 0 aromatic heterocycles. The standard InChI is InChI=1S/C4H8O2/c1-3-4(2)6-5/h5H,2-3H2,1H3. The molecule has 0 aliphatic carbocycles. The second-order valence-electron chi connectivity index (χ2n) is 0.984. The summed E-state index contributed by atoms with van der Waals surface area (Å²) < 4.78 is 0. The molecule has 2 nitrogen and oxygen atoms in total. The van der Waals surface area contributed by atoms with Gasteiger partial charge in [-0.05, 0) is 0 Å². The summed E-state index contributed by atoms with van der Waals surface area (Å²) in [7, 11) is 0. The number of rotatable bonds is 2. The van der Waals surface area contributed by atoms with Crippen LogP contribution in [0.4, 0.5) is 0 Å². The first-order valence-corrected chi connectivity index (χ1v) is 1.80. The van der Waals surface area contributed by atoms with Crippen molar-refractivity contribution >= 4 is 0 Å². The number of allylic oxidation sites excluding steroid dienone is 1. The molecule has 0 rings (SSSR count). The van der Waals surface area contributed by atoms with Crippen molar-refractivity contribution in [1.82, 2.24) is 0 Å². The van der Waals surface area contributed by atoms with Crippen LogP contribution in [-0.2, 0) is 4.89 Å². The van der Waals surface area contributed by atoms with Crippen LogP contribution >= 0.6 is 0 Å². The van der Waals surface area contributed by atoms with Gasteiger partial charge in [0.1, 0.15) is 5.76 Å². The van der Waals surface area contributed by atoms with Gasteiger partial charge in [0.05, 0.1) is 0 Å². The molecule has 0 atom stereocenters. The molecular formula is C4H8O2. The average Bonchev–Trinajstić information content (AvgIpc) is 1.65. The van der Waals surface area contributed by atoms with E-state index in [1.807, 2.05) is 6.92 Å². The molecule has 0 saturated carbocycles. The Labute approximate surface area is 37.0 Å². The third kappa shape index (κ3) is 1.79. The van der Waals surface area contributed by atoms with E-state index in [1.165, 1.54) is 0 Å². The number of hydrogen-bond acceptors (Lipinski definition) is 2. The lowest BCUT2D eigenvalue weighted by atomic mass is 10.4. The molecule has 0 spiro atoms. The predicted octanol–water partition coefficient (Wildman–Crippen LogP) is 1.40. The maximum Gasteiger partial charge on any atom is 0.134 e. The largest absolute Gasteiger partial charge is 0.345 e. The normalized spacial score (nSPS) is 7.67. The summed E-state index contributed by atoms with van der Waals surface area (Å²) in [5, 5.41) is 7.74. The second-order valence-corrected chi connectivity index (χ2v) is 0.984. The molecule has 2 heteroatoms. The molecule has 0 aromatic carbocycles. The quantitative estimate of drug-likeness (QED) is 0.314. The lowest BCUT2D eigenvalue weighted by Gasteiger charge is -1.90. The zero-order valence-electron chi connectivity index (χ0n) is 3.77. The monoisotopic (exact) mass is 88.1 g/mol. The maximum atomic E-state index is 7.74. The Hall–Kier alpha value is -0.500. The molecule has 0 saturated heterocycles. The minimum atomic E-state index is 0.398. The van der Waals surface area contributed by atoms with Gasteiger partial charge in [0, 0.05) is 6.42 Å². The van der Waals surface area contributed by atoms with Crippen LogP contribution in [-0.4, -0.2) is 5.26 Å². The van der Waals surface area contributed by atoms with Crippen LogP contribution in [0, 0.1) is 0 Å². The molecule has 0 bridgehead atoms. The molecule has 0 fully saturated rings. The SMILES string of the molecule is C=C(CC)OO. The molecule has 0 aliphatic heterocycles. The van der Waals surface area contributed by atoms with E-state index < -0.39 is 0 Å².